The van der Waals surface area contributed by atoms with Crippen LogP contribution in [-0.2, 0) is 10.8 Å². The van der Waals surface area contributed by atoms with Crippen molar-refractivity contribution in [1.82, 2.24) is 5.32 Å². The molecule has 5 nitrogen and oxygen atoms in total. The molecular weight excluding hydrogens is 264 g/mol. The summed E-state index contributed by atoms with van der Waals surface area (Å²) >= 11 is 0. The summed E-state index contributed by atoms with van der Waals surface area (Å²) in [6.07, 6.45) is 0. The number of benzene rings is 1. The monoisotopic (exact) mass is 280 g/mol. The third kappa shape index (κ3) is 3.35. The van der Waals surface area contributed by atoms with Crippen LogP contribution < -0.4 is 11.1 Å². The highest BCUT2D eigenvalue weighted by molar-refractivity contribution is 7.84. The van der Waals surface area contributed by atoms with Gasteiger partial charge >= 0.3 is 0 Å². The van der Waals surface area contributed by atoms with Gasteiger partial charge in [-0.3, -0.25) is 9.00 Å². The molecule has 0 fully saturated rings. The van der Waals surface area contributed by atoms with E-state index in [9.17, 15) is 9.00 Å². The van der Waals surface area contributed by atoms with Gasteiger partial charge in [-0.2, -0.15) is 0 Å². The number of furan rings is 1. The lowest BCUT2D eigenvalue weighted by Gasteiger charge is -2.01. The summed E-state index contributed by atoms with van der Waals surface area (Å²) < 4.78 is 16.7. The minimum Gasteiger partial charge on any atom is -0.451 e. The zero-order valence-electron chi connectivity index (χ0n) is 10.6. The highest BCUT2D eigenvalue weighted by Crippen LogP contribution is 2.21. The second-order valence-electron chi connectivity index (χ2n) is 4.10. The molecule has 1 atom stereocenters. The van der Waals surface area contributed by atoms with Crippen molar-refractivity contribution in [3.8, 4) is 0 Å². The number of anilines is 1. The van der Waals surface area contributed by atoms with E-state index in [2.05, 4.69) is 5.32 Å². The van der Waals surface area contributed by atoms with E-state index in [-0.39, 0.29) is 11.7 Å². The van der Waals surface area contributed by atoms with Gasteiger partial charge in [-0.15, -0.1) is 0 Å². The van der Waals surface area contributed by atoms with Gasteiger partial charge in [0.05, 0.1) is 0 Å². The standard InChI is InChI=1S/C13H16N2O3S/c1-2-19(17)6-5-15-13(16)12-8-9-7-10(14)3-4-11(9)18-12/h3-4,7-8H,2,5-6,14H2,1H3,(H,15,16). The van der Waals surface area contributed by atoms with Gasteiger partial charge in [0, 0.05) is 39.9 Å². The molecule has 0 radical (unpaired) electrons. The van der Waals surface area contributed by atoms with Crippen LogP contribution in [0, 0.1) is 0 Å². The van der Waals surface area contributed by atoms with Crippen LogP contribution in [0.25, 0.3) is 11.0 Å². The molecule has 0 aliphatic carbocycles. The summed E-state index contributed by atoms with van der Waals surface area (Å²) in [7, 11) is -0.880. The SMILES string of the molecule is CCS(=O)CCNC(=O)c1cc2cc(N)ccc2o1. The van der Waals surface area contributed by atoms with Crippen LogP contribution in [0.5, 0.6) is 0 Å². The van der Waals surface area contributed by atoms with Gasteiger partial charge in [0.25, 0.3) is 5.91 Å². The average molecular weight is 280 g/mol. The zero-order valence-corrected chi connectivity index (χ0v) is 11.5. The molecule has 6 heteroatoms. The van der Waals surface area contributed by atoms with Gasteiger partial charge in [0.15, 0.2) is 5.76 Å². The van der Waals surface area contributed by atoms with Gasteiger partial charge in [0.1, 0.15) is 5.58 Å². The maximum Gasteiger partial charge on any atom is 0.287 e. The number of carbonyl (C=O) groups is 1. The normalized spacial score (nSPS) is 12.5. The van der Waals surface area contributed by atoms with Gasteiger partial charge in [-0.25, -0.2) is 0 Å². The first-order valence-electron chi connectivity index (χ1n) is 6.02. The Morgan fingerprint density at radius 3 is 2.95 bits per heavy atom. The second-order valence-corrected chi connectivity index (χ2v) is 5.96. The van der Waals surface area contributed by atoms with E-state index in [1.54, 1.807) is 24.3 Å². The molecule has 1 amide bonds. The fraction of sp³-hybridized carbons (Fsp3) is 0.308. The van der Waals surface area contributed by atoms with Gasteiger partial charge in [0.2, 0.25) is 0 Å². The van der Waals surface area contributed by atoms with Crippen LogP contribution in [0.3, 0.4) is 0 Å². The molecule has 0 spiro atoms. The van der Waals surface area contributed by atoms with Gasteiger partial charge in [-0.1, -0.05) is 6.92 Å². The van der Waals surface area contributed by atoms with Crippen molar-refractivity contribution >= 4 is 33.4 Å². The molecule has 1 heterocycles. The molecule has 0 saturated carbocycles. The molecular formula is C13H16N2O3S. The van der Waals surface area contributed by atoms with Crippen molar-refractivity contribution in [3.63, 3.8) is 0 Å². The number of nitrogens with two attached hydrogens (primary N) is 1. The van der Waals surface area contributed by atoms with E-state index in [1.807, 2.05) is 6.92 Å². The highest BCUT2D eigenvalue weighted by Gasteiger charge is 2.12. The number of carbonyl (C=O) groups excluding carboxylic acids is 1. The molecule has 0 aliphatic heterocycles. The topological polar surface area (TPSA) is 85.3 Å². The molecule has 2 rings (SSSR count). The second kappa shape index (κ2) is 5.88. The van der Waals surface area contributed by atoms with E-state index in [4.69, 9.17) is 10.2 Å². The summed E-state index contributed by atoms with van der Waals surface area (Å²) in [5, 5.41) is 3.48. The van der Waals surface area contributed by atoms with Gasteiger partial charge in [-0.05, 0) is 24.3 Å². The van der Waals surface area contributed by atoms with E-state index in [0.717, 1.165) is 5.39 Å². The van der Waals surface area contributed by atoms with Crippen molar-refractivity contribution in [1.29, 1.82) is 0 Å². The third-order valence-corrected chi connectivity index (χ3v) is 4.00. The summed E-state index contributed by atoms with van der Waals surface area (Å²) in [4.78, 5) is 11.8. The Morgan fingerprint density at radius 1 is 1.42 bits per heavy atom. The fourth-order valence-electron chi connectivity index (χ4n) is 1.68. The maximum absolute atomic E-state index is 11.8. The minimum atomic E-state index is -0.880. The van der Waals surface area contributed by atoms with E-state index in [1.165, 1.54) is 0 Å². The Morgan fingerprint density at radius 2 is 2.21 bits per heavy atom. The van der Waals surface area contributed by atoms with Crippen LogP contribution in [-0.4, -0.2) is 28.2 Å². The highest BCUT2D eigenvalue weighted by atomic mass is 32.2. The van der Waals surface area contributed by atoms with E-state index >= 15 is 0 Å². The van der Waals surface area contributed by atoms with Crippen molar-refractivity contribution in [3.05, 3.63) is 30.0 Å². The summed E-state index contributed by atoms with van der Waals surface area (Å²) in [6.45, 7) is 2.22. The first kappa shape index (κ1) is 13.6. The smallest absolute Gasteiger partial charge is 0.287 e. The van der Waals surface area contributed by atoms with Crippen molar-refractivity contribution in [2.24, 2.45) is 0 Å². The molecule has 0 aliphatic rings. The molecule has 2 aromatic rings. The van der Waals surface area contributed by atoms with Crippen LogP contribution >= 0.6 is 0 Å². The molecule has 0 saturated heterocycles. The number of fused-ring (bicyclic) bond motifs is 1. The van der Waals surface area contributed by atoms with Crippen LogP contribution in [0.4, 0.5) is 5.69 Å². The number of hydrogen-bond acceptors (Lipinski definition) is 4. The first-order valence-corrected chi connectivity index (χ1v) is 7.51. The quantitative estimate of drug-likeness (QED) is 0.813. The van der Waals surface area contributed by atoms with Crippen LogP contribution in [0.1, 0.15) is 17.5 Å². The molecule has 1 unspecified atom stereocenters. The number of hydrogen-bond donors (Lipinski definition) is 2. The largest absolute Gasteiger partial charge is 0.451 e. The van der Waals surface area contributed by atoms with Crippen molar-refractivity contribution < 1.29 is 13.4 Å². The van der Waals surface area contributed by atoms with Crippen LogP contribution in [0.15, 0.2) is 28.7 Å². The summed E-state index contributed by atoms with van der Waals surface area (Å²) in [5.74, 6) is 0.987. The van der Waals surface area contributed by atoms with Crippen molar-refractivity contribution in [2.75, 3.05) is 23.8 Å². The predicted octanol–water partition coefficient (Wildman–Crippen LogP) is 1.51. The molecule has 1 aromatic heterocycles. The van der Waals surface area contributed by atoms with Gasteiger partial charge < -0.3 is 15.5 Å². The molecule has 1 aromatic carbocycles. The number of rotatable bonds is 5. The third-order valence-electron chi connectivity index (χ3n) is 2.70. The molecule has 0 bridgehead atoms. The number of nitrogens with one attached hydrogen (secondary N) is 1. The lowest BCUT2D eigenvalue weighted by atomic mass is 10.2. The van der Waals surface area contributed by atoms with Crippen molar-refractivity contribution in [2.45, 2.75) is 6.92 Å². The van der Waals surface area contributed by atoms with E-state index < -0.39 is 10.8 Å². The lowest BCUT2D eigenvalue weighted by molar-refractivity contribution is 0.0930. The average Bonchev–Trinajstić information content (AvgIpc) is 2.81. The Bertz CT molecular complexity index is 621. The fourth-order valence-corrected chi connectivity index (χ4v) is 2.30. The zero-order chi connectivity index (χ0) is 13.8. The minimum absolute atomic E-state index is 0.239. The molecule has 19 heavy (non-hydrogen) atoms. The Labute approximate surface area is 113 Å². The van der Waals surface area contributed by atoms with E-state index in [0.29, 0.717) is 29.3 Å². The molecule has 102 valence electrons. The van der Waals surface area contributed by atoms with Crippen LogP contribution in [0.2, 0.25) is 0 Å². The Kier molecular flexibility index (Phi) is 4.21. The number of amides is 1. The molecule has 3 N–H and O–H groups in total. The Hall–Kier alpha value is -1.82. The summed E-state index contributed by atoms with van der Waals surface area (Å²) in [5.41, 5.74) is 6.91. The predicted molar refractivity (Wildman–Crippen MR) is 76.5 cm³/mol. The maximum atomic E-state index is 11.8. The number of nitrogen functional groups attached to an aromatic ring is 1. The summed E-state index contributed by atoms with van der Waals surface area (Å²) in [6, 6.07) is 6.85. The lowest BCUT2D eigenvalue weighted by Crippen LogP contribution is -2.27. The Balaban J connectivity index is 2.03. The first-order chi connectivity index (χ1) is 9.10.